The molecular weight excluding hydrogens is 166 g/mol. The third kappa shape index (κ3) is 6.87. The number of amides is 1. The van der Waals surface area contributed by atoms with Gasteiger partial charge in [-0.3, -0.25) is 4.79 Å². The van der Waals surface area contributed by atoms with E-state index in [4.69, 9.17) is 5.11 Å². The van der Waals surface area contributed by atoms with Gasteiger partial charge in [0.1, 0.15) is 5.75 Å². The van der Waals surface area contributed by atoms with E-state index in [1.54, 1.807) is 19.1 Å². The molecule has 0 aromatic heterocycles. The molecule has 13 heavy (non-hydrogen) atoms. The van der Waals surface area contributed by atoms with Gasteiger partial charge in [0.05, 0.1) is 0 Å². The molecule has 72 valence electrons. The zero-order chi connectivity index (χ0) is 10.3. The van der Waals surface area contributed by atoms with Gasteiger partial charge < -0.3 is 10.8 Å². The molecule has 0 aliphatic rings. The van der Waals surface area contributed by atoms with E-state index >= 15 is 0 Å². The molecule has 0 aliphatic carbocycles. The molecule has 0 saturated carbocycles. The van der Waals surface area contributed by atoms with E-state index in [1.807, 2.05) is 19.1 Å². The fourth-order valence-electron chi connectivity index (χ4n) is 0.545. The molecule has 0 bridgehead atoms. The summed E-state index contributed by atoms with van der Waals surface area (Å²) in [5.41, 5.74) is 5.82. The maximum absolute atomic E-state index is 9.59. The lowest BCUT2D eigenvalue weighted by atomic mass is 10.2. The van der Waals surface area contributed by atoms with E-state index in [0.717, 1.165) is 0 Å². The Hall–Kier alpha value is -1.51. The van der Waals surface area contributed by atoms with E-state index in [2.05, 4.69) is 5.73 Å². The highest BCUT2D eigenvalue weighted by Crippen LogP contribution is 2.07. The van der Waals surface area contributed by atoms with Crippen molar-refractivity contribution in [2.75, 3.05) is 0 Å². The average Bonchev–Trinajstić information content (AvgIpc) is 2.11. The average molecular weight is 181 g/mol. The molecule has 0 spiro atoms. The van der Waals surface area contributed by atoms with Crippen molar-refractivity contribution in [1.29, 1.82) is 0 Å². The largest absolute Gasteiger partial charge is 0.508 e. The maximum Gasteiger partial charge on any atom is 0.217 e. The van der Waals surface area contributed by atoms with E-state index in [1.165, 1.54) is 5.56 Å². The van der Waals surface area contributed by atoms with Crippen LogP contribution in [-0.2, 0) is 4.79 Å². The first-order valence-corrected chi connectivity index (χ1v) is 4.10. The number of rotatable bonds is 1. The molecule has 0 aliphatic heterocycles. The minimum Gasteiger partial charge on any atom is -0.508 e. The van der Waals surface area contributed by atoms with Crippen molar-refractivity contribution in [2.45, 2.75) is 20.3 Å². The van der Waals surface area contributed by atoms with Crippen LogP contribution in [0.3, 0.4) is 0 Å². The number of hydrogen-bond donors (Lipinski definition) is 2. The second kappa shape index (κ2) is 6.06. The van der Waals surface area contributed by atoms with Gasteiger partial charge in [-0.25, -0.2) is 0 Å². The molecule has 0 radical (unpaired) electrons. The first-order valence-electron chi connectivity index (χ1n) is 4.10. The van der Waals surface area contributed by atoms with Crippen LogP contribution in [0.15, 0.2) is 24.3 Å². The predicted octanol–water partition coefficient (Wildman–Crippen LogP) is 1.58. The third-order valence-electron chi connectivity index (χ3n) is 1.38. The molecule has 3 N–H and O–H groups in total. The van der Waals surface area contributed by atoms with Crippen molar-refractivity contribution < 1.29 is 9.90 Å². The van der Waals surface area contributed by atoms with Crippen LogP contribution in [0.1, 0.15) is 18.9 Å². The molecule has 1 aromatic rings. The number of primary amides is 1. The van der Waals surface area contributed by atoms with Crippen LogP contribution in [-0.4, -0.2) is 11.0 Å². The summed E-state index contributed by atoms with van der Waals surface area (Å²) in [6.07, 6.45) is 0.444. The molecule has 0 heterocycles. The molecule has 3 heteroatoms. The first kappa shape index (κ1) is 11.5. The van der Waals surface area contributed by atoms with Crippen molar-refractivity contribution in [1.82, 2.24) is 0 Å². The summed E-state index contributed by atoms with van der Waals surface area (Å²) in [6.45, 7) is 3.71. The summed E-state index contributed by atoms with van der Waals surface area (Å²) >= 11 is 0. The van der Waals surface area contributed by atoms with Crippen LogP contribution in [0.5, 0.6) is 5.75 Å². The van der Waals surface area contributed by atoms with Crippen LogP contribution in [0.4, 0.5) is 0 Å². The Morgan fingerprint density at radius 2 is 1.77 bits per heavy atom. The Morgan fingerprint density at radius 1 is 1.38 bits per heavy atom. The summed E-state index contributed by atoms with van der Waals surface area (Å²) in [7, 11) is 0. The summed E-state index contributed by atoms with van der Waals surface area (Å²) in [6, 6.07) is 7.09. The van der Waals surface area contributed by atoms with Gasteiger partial charge in [0, 0.05) is 6.42 Å². The summed E-state index contributed by atoms with van der Waals surface area (Å²) in [4.78, 5) is 9.59. The van der Waals surface area contributed by atoms with E-state index < -0.39 is 0 Å². The highest BCUT2D eigenvalue weighted by atomic mass is 16.3. The predicted molar refractivity (Wildman–Crippen MR) is 52.3 cm³/mol. The van der Waals surface area contributed by atoms with Gasteiger partial charge >= 0.3 is 0 Å². The second-order valence-corrected chi connectivity index (χ2v) is 2.66. The number of phenolic OH excluding ortho intramolecular Hbond substituents is 1. The Labute approximate surface area is 78.2 Å². The van der Waals surface area contributed by atoms with Crippen molar-refractivity contribution >= 4 is 5.91 Å². The second-order valence-electron chi connectivity index (χ2n) is 2.66. The molecule has 0 fully saturated rings. The van der Waals surface area contributed by atoms with E-state index in [-0.39, 0.29) is 5.91 Å². The van der Waals surface area contributed by atoms with Gasteiger partial charge in [-0.15, -0.1) is 0 Å². The van der Waals surface area contributed by atoms with Crippen molar-refractivity contribution in [3.63, 3.8) is 0 Å². The number of aryl methyl sites for hydroxylation is 1. The molecule has 1 aromatic carbocycles. The molecule has 0 atom stereocenters. The molecule has 0 unspecified atom stereocenters. The van der Waals surface area contributed by atoms with Gasteiger partial charge in [-0.05, 0) is 19.1 Å². The minimum absolute atomic E-state index is 0.245. The van der Waals surface area contributed by atoms with Crippen LogP contribution < -0.4 is 5.73 Å². The fourth-order valence-corrected chi connectivity index (χ4v) is 0.545. The smallest absolute Gasteiger partial charge is 0.217 e. The lowest BCUT2D eigenvalue weighted by Gasteiger charge is -1.89. The molecule has 1 amide bonds. The molecule has 0 saturated heterocycles. The number of aromatic hydroxyl groups is 1. The van der Waals surface area contributed by atoms with Gasteiger partial charge in [-0.1, -0.05) is 24.6 Å². The molecular formula is C10H15NO2. The maximum atomic E-state index is 9.59. The molecule has 1 rings (SSSR count). The summed E-state index contributed by atoms with van der Waals surface area (Å²) < 4.78 is 0. The normalized spacial score (nSPS) is 8.46. The number of nitrogens with two attached hydrogens (primary N) is 1. The zero-order valence-corrected chi connectivity index (χ0v) is 7.95. The quantitative estimate of drug-likeness (QED) is 0.691. The van der Waals surface area contributed by atoms with E-state index in [0.29, 0.717) is 12.2 Å². The van der Waals surface area contributed by atoms with Gasteiger partial charge in [0.2, 0.25) is 5.91 Å². The first-order chi connectivity index (χ1) is 6.06. The lowest BCUT2D eigenvalue weighted by Crippen LogP contribution is -2.06. The van der Waals surface area contributed by atoms with Gasteiger partial charge in [-0.2, -0.15) is 0 Å². The minimum atomic E-state index is -0.245. The molecule has 3 nitrogen and oxygen atoms in total. The zero-order valence-electron chi connectivity index (χ0n) is 7.95. The van der Waals surface area contributed by atoms with Crippen LogP contribution in [0.2, 0.25) is 0 Å². The summed E-state index contributed by atoms with van der Waals surface area (Å²) in [5.74, 6) is 0.0839. The SMILES string of the molecule is CCC(N)=O.Cc1ccc(O)cc1. The third-order valence-corrected chi connectivity index (χ3v) is 1.38. The fraction of sp³-hybridized carbons (Fsp3) is 0.300. The number of benzene rings is 1. The topological polar surface area (TPSA) is 63.3 Å². The highest BCUT2D eigenvalue weighted by Gasteiger charge is 1.82. The number of phenols is 1. The number of carbonyl (C=O) groups excluding carboxylic acids is 1. The van der Waals surface area contributed by atoms with E-state index in [9.17, 15) is 4.79 Å². The number of hydrogen-bond acceptors (Lipinski definition) is 2. The van der Waals surface area contributed by atoms with Gasteiger partial charge in [0.15, 0.2) is 0 Å². The Kier molecular flexibility index (Phi) is 5.35. The van der Waals surface area contributed by atoms with Crippen molar-refractivity contribution in [3.8, 4) is 5.75 Å². The number of carbonyl (C=O) groups is 1. The Balaban J connectivity index is 0.000000252. The monoisotopic (exact) mass is 181 g/mol. The Morgan fingerprint density at radius 3 is 2.00 bits per heavy atom. The summed E-state index contributed by atoms with van der Waals surface area (Å²) in [5, 5.41) is 8.76. The van der Waals surface area contributed by atoms with Crippen LogP contribution >= 0.6 is 0 Å². The highest BCUT2D eigenvalue weighted by molar-refractivity contribution is 5.73. The van der Waals surface area contributed by atoms with Crippen LogP contribution in [0.25, 0.3) is 0 Å². The van der Waals surface area contributed by atoms with Crippen molar-refractivity contribution in [2.24, 2.45) is 5.73 Å². The van der Waals surface area contributed by atoms with Gasteiger partial charge in [0.25, 0.3) is 0 Å². The standard InChI is InChI=1S/C7H8O.C3H7NO/c1-6-2-4-7(8)5-3-6;1-2-3(4)5/h2-5,8H,1H3;2H2,1H3,(H2,4,5). The van der Waals surface area contributed by atoms with Crippen molar-refractivity contribution in [3.05, 3.63) is 29.8 Å². The lowest BCUT2D eigenvalue weighted by molar-refractivity contribution is -0.117. The Bertz CT molecular complexity index is 233. The van der Waals surface area contributed by atoms with Crippen LogP contribution in [0, 0.1) is 6.92 Å².